The minimum Gasteiger partial charge on any atom is -0.0616 e. The van der Waals surface area contributed by atoms with Crippen LogP contribution in [0.1, 0.15) is 0 Å². The first-order chi connectivity index (χ1) is 14.3. The Morgan fingerprint density at radius 3 is 1.79 bits per heavy atom. The number of rotatable bonds is 2. The lowest BCUT2D eigenvalue weighted by molar-refractivity contribution is 1.58. The van der Waals surface area contributed by atoms with Crippen molar-refractivity contribution in [3.8, 4) is 44.5 Å². The fraction of sp³-hybridized carbons (Fsp3) is 0. The van der Waals surface area contributed by atoms with Gasteiger partial charge in [-0.1, -0.05) is 101 Å². The fourth-order valence-corrected chi connectivity index (χ4v) is 4.99. The Kier molecular flexibility index (Phi) is 3.72. The standard InChI is InChI=1S/C28H17Br/c29-21-9-4-7-19(17-21)18-6-3-8-20(16-18)22-14-15-27-24-11-2-1-10-23(24)26-13-5-12-25(22)28(26)27/h1-17H. The molecular formula is C28H17Br. The quantitative estimate of drug-likeness (QED) is 0.257. The minimum absolute atomic E-state index is 1.10. The van der Waals surface area contributed by atoms with Gasteiger partial charge >= 0.3 is 0 Å². The summed E-state index contributed by atoms with van der Waals surface area (Å²) in [7, 11) is 0. The molecule has 0 N–H and O–H groups in total. The largest absolute Gasteiger partial charge is 0.0616 e. The lowest BCUT2D eigenvalue weighted by atomic mass is 9.92. The third kappa shape index (κ3) is 2.58. The molecular weight excluding hydrogens is 416 g/mol. The highest BCUT2D eigenvalue weighted by Crippen LogP contribution is 2.49. The van der Waals surface area contributed by atoms with Crippen LogP contribution in [-0.4, -0.2) is 0 Å². The number of benzene rings is 5. The van der Waals surface area contributed by atoms with E-state index < -0.39 is 0 Å². The highest BCUT2D eigenvalue weighted by atomic mass is 79.9. The molecule has 136 valence electrons. The second-order valence-corrected chi connectivity index (χ2v) is 8.44. The summed E-state index contributed by atoms with van der Waals surface area (Å²) in [6.07, 6.45) is 0. The molecule has 0 nitrogen and oxygen atoms in total. The summed E-state index contributed by atoms with van der Waals surface area (Å²) in [5.41, 5.74) is 10.4. The third-order valence-electron chi connectivity index (χ3n) is 5.88. The normalized spacial score (nSPS) is 11.6. The molecule has 0 amide bonds. The minimum atomic E-state index is 1.10. The molecule has 0 fully saturated rings. The van der Waals surface area contributed by atoms with Crippen LogP contribution in [-0.2, 0) is 0 Å². The third-order valence-corrected chi connectivity index (χ3v) is 6.37. The van der Waals surface area contributed by atoms with E-state index in [0.29, 0.717) is 0 Å². The van der Waals surface area contributed by atoms with Crippen LogP contribution in [0.3, 0.4) is 0 Å². The average Bonchev–Trinajstić information content (AvgIpc) is 3.10. The zero-order valence-electron chi connectivity index (χ0n) is 15.7. The average molecular weight is 433 g/mol. The Morgan fingerprint density at radius 2 is 1.00 bits per heavy atom. The van der Waals surface area contributed by atoms with Crippen LogP contribution in [0.15, 0.2) is 108 Å². The second-order valence-electron chi connectivity index (χ2n) is 7.53. The van der Waals surface area contributed by atoms with Gasteiger partial charge in [0.1, 0.15) is 0 Å². The topological polar surface area (TPSA) is 0 Å². The van der Waals surface area contributed by atoms with Gasteiger partial charge in [0, 0.05) is 4.47 Å². The van der Waals surface area contributed by atoms with Gasteiger partial charge in [0.2, 0.25) is 0 Å². The molecule has 0 radical (unpaired) electrons. The van der Waals surface area contributed by atoms with E-state index in [1.807, 2.05) is 0 Å². The first-order valence-corrected chi connectivity index (χ1v) is 10.6. The molecule has 1 heteroatoms. The van der Waals surface area contributed by atoms with E-state index >= 15 is 0 Å². The molecule has 0 heterocycles. The summed E-state index contributed by atoms with van der Waals surface area (Å²) in [5, 5.41) is 2.70. The van der Waals surface area contributed by atoms with Gasteiger partial charge in [-0.2, -0.15) is 0 Å². The Hall–Kier alpha value is -3.16. The predicted octanol–water partition coefficient (Wildman–Crippen LogP) is 8.58. The zero-order chi connectivity index (χ0) is 19.4. The highest BCUT2D eigenvalue weighted by molar-refractivity contribution is 9.10. The van der Waals surface area contributed by atoms with Crippen LogP contribution in [0.25, 0.3) is 55.3 Å². The molecule has 0 saturated carbocycles. The van der Waals surface area contributed by atoms with Gasteiger partial charge in [0.05, 0.1) is 0 Å². The van der Waals surface area contributed by atoms with Gasteiger partial charge in [-0.15, -0.1) is 0 Å². The van der Waals surface area contributed by atoms with E-state index in [9.17, 15) is 0 Å². The molecule has 6 rings (SSSR count). The van der Waals surface area contributed by atoms with E-state index in [1.165, 1.54) is 55.3 Å². The molecule has 0 atom stereocenters. The van der Waals surface area contributed by atoms with Crippen LogP contribution in [0.5, 0.6) is 0 Å². The first-order valence-electron chi connectivity index (χ1n) is 9.81. The number of halogens is 1. The van der Waals surface area contributed by atoms with E-state index in [2.05, 4.69) is 119 Å². The lowest BCUT2D eigenvalue weighted by Crippen LogP contribution is -1.85. The van der Waals surface area contributed by atoms with Crippen LogP contribution in [0.4, 0.5) is 0 Å². The van der Waals surface area contributed by atoms with Crippen LogP contribution in [0, 0.1) is 0 Å². The molecule has 0 aliphatic heterocycles. The number of fused-ring (bicyclic) bond motifs is 3. The van der Waals surface area contributed by atoms with Gasteiger partial charge in [-0.3, -0.25) is 0 Å². The van der Waals surface area contributed by atoms with Crippen LogP contribution >= 0.6 is 15.9 Å². The monoisotopic (exact) mass is 432 g/mol. The van der Waals surface area contributed by atoms with Gasteiger partial charge in [-0.05, 0) is 73.5 Å². The molecule has 5 aromatic carbocycles. The summed E-state index contributed by atoms with van der Waals surface area (Å²) < 4.78 is 1.10. The Morgan fingerprint density at radius 1 is 0.414 bits per heavy atom. The van der Waals surface area contributed by atoms with Gasteiger partial charge < -0.3 is 0 Å². The summed E-state index contributed by atoms with van der Waals surface area (Å²) in [4.78, 5) is 0. The van der Waals surface area contributed by atoms with Crippen LogP contribution < -0.4 is 0 Å². The van der Waals surface area contributed by atoms with Crippen LogP contribution in [0.2, 0.25) is 0 Å². The molecule has 0 unspecified atom stereocenters. The maximum atomic E-state index is 3.59. The molecule has 0 saturated heterocycles. The van der Waals surface area contributed by atoms with Crippen molar-refractivity contribution in [3.05, 3.63) is 108 Å². The van der Waals surface area contributed by atoms with E-state index in [1.54, 1.807) is 0 Å². The zero-order valence-corrected chi connectivity index (χ0v) is 17.3. The predicted molar refractivity (Wildman–Crippen MR) is 127 cm³/mol. The Balaban J connectivity index is 1.58. The van der Waals surface area contributed by atoms with E-state index in [-0.39, 0.29) is 0 Å². The summed E-state index contributed by atoms with van der Waals surface area (Å²) in [6.45, 7) is 0. The van der Waals surface area contributed by atoms with E-state index in [4.69, 9.17) is 0 Å². The maximum absolute atomic E-state index is 3.59. The maximum Gasteiger partial charge on any atom is 0.0181 e. The lowest BCUT2D eigenvalue weighted by Gasteiger charge is -2.11. The molecule has 1 aliphatic carbocycles. The molecule has 29 heavy (non-hydrogen) atoms. The molecule has 1 aliphatic rings. The summed E-state index contributed by atoms with van der Waals surface area (Å²) in [5.74, 6) is 0. The SMILES string of the molecule is Brc1cccc(-c2cccc(-c3ccc4c5c(cccc35)-c3ccccc3-4)c2)c1. The fourth-order valence-electron chi connectivity index (χ4n) is 4.59. The first kappa shape index (κ1) is 16.8. The van der Waals surface area contributed by atoms with Crippen molar-refractivity contribution in [1.29, 1.82) is 0 Å². The molecule has 0 aromatic heterocycles. The van der Waals surface area contributed by atoms with Crippen molar-refractivity contribution in [3.63, 3.8) is 0 Å². The smallest absolute Gasteiger partial charge is 0.0181 e. The van der Waals surface area contributed by atoms with E-state index in [0.717, 1.165) is 4.47 Å². The van der Waals surface area contributed by atoms with Crippen molar-refractivity contribution in [1.82, 2.24) is 0 Å². The van der Waals surface area contributed by atoms with Crippen molar-refractivity contribution >= 4 is 26.7 Å². The Labute approximate surface area is 178 Å². The van der Waals surface area contributed by atoms with Gasteiger partial charge in [-0.25, -0.2) is 0 Å². The molecule has 0 bridgehead atoms. The number of hydrogen-bond donors (Lipinski definition) is 0. The van der Waals surface area contributed by atoms with Crippen molar-refractivity contribution in [2.75, 3.05) is 0 Å². The molecule has 5 aromatic rings. The summed E-state index contributed by atoms with van der Waals surface area (Å²) in [6, 6.07) is 37.3. The Bertz CT molecular complexity index is 1380. The van der Waals surface area contributed by atoms with Gasteiger partial charge in [0.25, 0.3) is 0 Å². The number of hydrogen-bond acceptors (Lipinski definition) is 0. The second kappa shape index (κ2) is 6.43. The van der Waals surface area contributed by atoms with Crippen molar-refractivity contribution in [2.24, 2.45) is 0 Å². The highest BCUT2D eigenvalue weighted by Gasteiger charge is 2.22. The van der Waals surface area contributed by atoms with Crippen molar-refractivity contribution < 1.29 is 0 Å². The summed E-state index contributed by atoms with van der Waals surface area (Å²) >= 11 is 3.59. The molecule has 0 spiro atoms. The van der Waals surface area contributed by atoms with Crippen molar-refractivity contribution in [2.45, 2.75) is 0 Å². The van der Waals surface area contributed by atoms with Gasteiger partial charge in [0.15, 0.2) is 0 Å².